The van der Waals surface area contributed by atoms with Crippen LogP contribution in [0.15, 0.2) is 12.5 Å². The zero-order valence-electron chi connectivity index (χ0n) is 7.77. The van der Waals surface area contributed by atoms with Crippen LogP contribution in [0, 0.1) is 17.4 Å². The summed E-state index contributed by atoms with van der Waals surface area (Å²) >= 11 is 2.18. The summed E-state index contributed by atoms with van der Waals surface area (Å²) in [5, 5.41) is 4.25. The Hall–Kier alpha value is -1.05. The van der Waals surface area contributed by atoms with E-state index in [4.69, 9.17) is 0 Å². The van der Waals surface area contributed by atoms with Gasteiger partial charge < -0.3 is 0 Å². The SMILES string of the molecule is Cc1nc(C)n(-c2ncncc2I)n1. The first kappa shape index (κ1) is 9.50. The van der Waals surface area contributed by atoms with E-state index in [0.717, 1.165) is 21.0 Å². The van der Waals surface area contributed by atoms with E-state index in [1.54, 1.807) is 10.9 Å². The van der Waals surface area contributed by atoms with Gasteiger partial charge in [0.1, 0.15) is 18.0 Å². The molecule has 0 amide bonds. The predicted octanol–water partition coefficient (Wildman–Crippen LogP) is 1.28. The van der Waals surface area contributed by atoms with Crippen LogP contribution in [0.1, 0.15) is 11.6 Å². The molecule has 0 atom stereocenters. The van der Waals surface area contributed by atoms with Crippen LogP contribution in [0.5, 0.6) is 0 Å². The van der Waals surface area contributed by atoms with E-state index >= 15 is 0 Å². The maximum absolute atomic E-state index is 4.25. The average molecular weight is 301 g/mol. The largest absolute Gasteiger partial charge is 0.244 e. The first-order valence-electron chi connectivity index (χ1n) is 4.04. The summed E-state index contributed by atoms with van der Waals surface area (Å²) in [5.41, 5.74) is 0. The van der Waals surface area contributed by atoms with Crippen molar-refractivity contribution >= 4 is 22.6 Å². The lowest BCUT2D eigenvalue weighted by molar-refractivity contribution is 0.792. The van der Waals surface area contributed by atoms with Gasteiger partial charge >= 0.3 is 0 Å². The summed E-state index contributed by atoms with van der Waals surface area (Å²) in [5.74, 6) is 2.36. The highest BCUT2D eigenvalue weighted by Crippen LogP contribution is 2.12. The van der Waals surface area contributed by atoms with E-state index in [-0.39, 0.29) is 0 Å². The average Bonchev–Trinajstić information content (AvgIpc) is 2.46. The van der Waals surface area contributed by atoms with E-state index in [1.165, 1.54) is 6.33 Å². The third-order valence-electron chi connectivity index (χ3n) is 1.72. The van der Waals surface area contributed by atoms with Gasteiger partial charge in [-0.05, 0) is 36.4 Å². The highest BCUT2D eigenvalue weighted by Gasteiger charge is 2.09. The normalized spacial score (nSPS) is 10.5. The van der Waals surface area contributed by atoms with Gasteiger partial charge in [0.25, 0.3) is 0 Å². The second kappa shape index (κ2) is 3.60. The third kappa shape index (κ3) is 1.61. The van der Waals surface area contributed by atoms with Crippen molar-refractivity contribution in [2.45, 2.75) is 13.8 Å². The third-order valence-corrected chi connectivity index (χ3v) is 2.48. The van der Waals surface area contributed by atoms with Crippen LogP contribution in [0.3, 0.4) is 0 Å². The molecule has 0 aliphatic carbocycles. The van der Waals surface area contributed by atoms with Crippen LogP contribution < -0.4 is 0 Å². The molecule has 0 saturated heterocycles. The molecular weight excluding hydrogens is 293 g/mol. The topological polar surface area (TPSA) is 56.5 Å². The molecule has 72 valence electrons. The Bertz CT molecular complexity index is 465. The fourth-order valence-electron chi connectivity index (χ4n) is 1.18. The van der Waals surface area contributed by atoms with Crippen LogP contribution in [-0.2, 0) is 0 Å². The number of nitrogens with zero attached hydrogens (tertiary/aromatic N) is 5. The zero-order chi connectivity index (χ0) is 10.1. The number of halogens is 1. The monoisotopic (exact) mass is 301 g/mol. The molecule has 0 aromatic carbocycles. The van der Waals surface area contributed by atoms with Crippen LogP contribution in [-0.4, -0.2) is 24.7 Å². The highest BCUT2D eigenvalue weighted by atomic mass is 127. The van der Waals surface area contributed by atoms with Crippen molar-refractivity contribution in [3.05, 3.63) is 27.7 Å². The van der Waals surface area contributed by atoms with Gasteiger partial charge in [-0.3, -0.25) is 0 Å². The van der Waals surface area contributed by atoms with E-state index in [9.17, 15) is 0 Å². The molecule has 2 rings (SSSR count). The summed E-state index contributed by atoms with van der Waals surface area (Å²) in [6.45, 7) is 3.76. The fraction of sp³-hybridized carbons (Fsp3) is 0.250. The van der Waals surface area contributed by atoms with E-state index < -0.39 is 0 Å². The molecule has 6 heteroatoms. The Morgan fingerprint density at radius 1 is 1.36 bits per heavy atom. The molecule has 0 aliphatic heterocycles. The summed E-state index contributed by atoms with van der Waals surface area (Å²) < 4.78 is 2.68. The van der Waals surface area contributed by atoms with Gasteiger partial charge in [0.2, 0.25) is 0 Å². The second-order valence-electron chi connectivity index (χ2n) is 2.81. The van der Waals surface area contributed by atoms with E-state index in [1.807, 2.05) is 13.8 Å². The summed E-state index contributed by atoms with van der Waals surface area (Å²) in [4.78, 5) is 12.3. The maximum Gasteiger partial charge on any atom is 0.172 e. The summed E-state index contributed by atoms with van der Waals surface area (Å²) in [7, 11) is 0. The first-order valence-corrected chi connectivity index (χ1v) is 5.12. The van der Waals surface area contributed by atoms with Gasteiger partial charge in [0.05, 0.1) is 3.57 Å². The molecular formula is C8H8IN5. The van der Waals surface area contributed by atoms with Crippen molar-refractivity contribution in [3.8, 4) is 5.82 Å². The Labute approximate surface area is 94.7 Å². The fourth-order valence-corrected chi connectivity index (χ4v) is 1.71. The van der Waals surface area contributed by atoms with Crippen LogP contribution in [0.4, 0.5) is 0 Å². The second-order valence-corrected chi connectivity index (χ2v) is 3.97. The molecule has 2 heterocycles. The minimum Gasteiger partial charge on any atom is -0.244 e. The zero-order valence-corrected chi connectivity index (χ0v) is 9.93. The quantitative estimate of drug-likeness (QED) is 0.745. The number of aromatic nitrogens is 5. The smallest absolute Gasteiger partial charge is 0.172 e. The van der Waals surface area contributed by atoms with Crippen molar-refractivity contribution in [2.24, 2.45) is 0 Å². The predicted molar refractivity (Wildman–Crippen MR) is 59.1 cm³/mol. The van der Waals surface area contributed by atoms with E-state index in [2.05, 4.69) is 42.6 Å². The van der Waals surface area contributed by atoms with Gasteiger partial charge in [-0.2, -0.15) is 4.68 Å². The van der Waals surface area contributed by atoms with Crippen LogP contribution >= 0.6 is 22.6 Å². The standard InChI is InChI=1S/C8H8IN5/c1-5-12-6(2)14(13-5)8-7(9)3-10-4-11-8/h3-4H,1-2H3. The van der Waals surface area contributed by atoms with Crippen molar-refractivity contribution in [2.75, 3.05) is 0 Å². The van der Waals surface area contributed by atoms with Gasteiger partial charge in [0.15, 0.2) is 5.82 Å². The minimum absolute atomic E-state index is 0.747. The van der Waals surface area contributed by atoms with Gasteiger partial charge in [-0.1, -0.05) is 0 Å². The van der Waals surface area contributed by atoms with Crippen molar-refractivity contribution < 1.29 is 0 Å². The number of aryl methyl sites for hydroxylation is 2. The highest BCUT2D eigenvalue weighted by molar-refractivity contribution is 14.1. The van der Waals surface area contributed by atoms with Gasteiger partial charge in [-0.25, -0.2) is 15.0 Å². The molecule has 0 N–H and O–H groups in total. The number of hydrogen-bond donors (Lipinski definition) is 0. The lowest BCUT2D eigenvalue weighted by atomic mass is 10.5. The van der Waals surface area contributed by atoms with Crippen LogP contribution in [0.25, 0.3) is 5.82 Å². The van der Waals surface area contributed by atoms with Gasteiger partial charge in [0, 0.05) is 6.20 Å². The van der Waals surface area contributed by atoms with Crippen molar-refractivity contribution in [3.63, 3.8) is 0 Å². The molecule has 0 unspecified atom stereocenters. The molecule has 0 bridgehead atoms. The molecule has 5 nitrogen and oxygen atoms in total. The molecule has 0 fully saturated rings. The summed E-state index contributed by atoms with van der Waals surface area (Å²) in [6.07, 6.45) is 3.26. The van der Waals surface area contributed by atoms with Gasteiger partial charge in [-0.15, -0.1) is 5.10 Å². The maximum atomic E-state index is 4.25. The van der Waals surface area contributed by atoms with Crippen molar-refractivity contribution in [1.29, 1.82) is 0 Å². The molecule has 2 aromatic rings. The minimum atomic E-state index is 0.747. The first-order chi connectivity index (χ1) is 6.68. The Balaban J connectivity index is 2.60. The Kier molecular flexibility index (Phi) is 2.44. The molecule has 2 aromatic heterocycles. The number of rotatable bonds is 1. The molecule has 0 spiro atoms. The van der Waals surface area contributed by atoms with Crippen LogP contribution in [0.2, 0.25) is 0 Å². The van der Waals surface area contributed by atoms with Crippen molar-refractivity contribution in [1.82, 2.24) is 24.7 Å². The molecule has 0 aliphatic rings. The van der Waals surface area contributed by atoms with E-state index in [0.29, 0.717) is 0 Å². The summed E-state index contributed by atoms with van der Waals surface area (Å²) in [6, 6.07) is 0. The lowest BCUT2D eigenvalue weighted by Crippen LogP contribution is -2.04. The Morgan fingerprint density at radius 3 is 2.71 bits per heavy atom. The molecule has 0 radical (unpaired) electrons. The molecule has 14 heavy (non-hydrogen) atoms. The lowest BCUT2D eigenvalue weighted by Gasteiger charge is -2.02. The number of hydrogen-bond acceptors (Lipinski definition) is 4. The Morgan fingerprint density at radius 2 is 2.14 bits per heavy atom. The molecule has 0 saturated carbocycles.